The van der Waals surface area contributed by atoms with E-state index in [1.165, 1.54) is 0 Å². The summed E-state index contributed by atoms with van der Waals surface area (Å²) in [6.07, 6.45) is 2.83. The average Bonchev–Trinajstić information content (AvgIpc) is 2.61. The van der Waals surface area contributed by atoms with E-state index in [2.05, 4.69) is 10.3 Å². The highest BCUT2D eigenvalue weighted by Gasteiger charge is 2.24. The summed E-state index contributed by atoms with van der Waals surface area (Å²) in [5.41, 5.74) is 5.73. The number of ether oxygens (including phenoxy) is 1. The Bertz CT molecular complexity index is 233. The predicted molar refractivity (Wildman–Crippen MR) is 64.3 cm³/mol. The SMILES string of the molecule is COCC(C)NC(N)=NC[C@H]1CCC[C@@H]1O. The maximum Gasteiger partial charge on any atom is 0.188 e. The number of nitrogens with one attached hydrogen (secondary N) is 1. The molecule has 5 nitrogen and oxygen atoms in total. The molecule has 0 bridgehead atoms. The quantitative estimate of drug-likeness (QED) is 0.461. The van der Waals surface area contributed by atoms with Crippen molar-refractivity contribution < 1.29 is 9.84 Å². The van der Waals surface area contributed by atoms with E-state index >= 15 is 0 Å². The number of methoxy groups -OCH3 is 1. The summed E-state index contributed by atoms with van der Waals surface area (Å²) in [4.78, 5) is 4.25. The van der Waals surface area contributed by atoms with Crippen molar-refractivity contribution >= 4 is 5.96 Å². The maximum atomic E-state index is 9.62. The van der Waals surface area contributed by atoms with Gasteiger partial charge in [-0.15, -0.1) is 0 Å². The molecular weight excluding hydrogens is 206 g/mol. The van der Waals surface area contributed by atoms with Gasteiger partial charge in [0.25, 0.3) is 0 Å². The molecule has 5 heteroatoms. The molecule has 1 unspecified atom stereocenters. The van der Waals surface area contributed by atoms with E-state index in [9.17, 15) is 5.11 Å². The molecule has 0 heterocycles. The lowest BCUT2D eigenvalue weighted by atomic mass is 10.1. The largest absolute Gasteiger partial charge is 0.393 e. The van der Waals surface area contributed by atoms with Crippen molar-refractivity contribution in [3.8, 4) is 0 Å². The number of rotatable bonds is 5. The van der Waals surface area contributed by atoms with Crippen LogP contribution in [0.15, 0.2) is 4.99 Å². The third-order valence-corrected chi connectivity index (χ3v) is 2.93. The van der Waals surface area contributed by atoms with Crippen LogP contribution in [0.2, 0.25) is 0 Å². The Morgan fingerprint density at radius 2 is 2.38 bits per heavy atom. The molecule has 0 saturated heterocycles. The summed E-state index contributed by atoms with van der Waals surface area (Å²) in [5, 5.41) is 12.7. The molecule has 0 aromatic rings. The fraction of sp³-hybridized carbons (Fsp3) is 0.909. The number of aliphatic hydroxyl groups is 1. The van der Waals surface area contributed by atoms with Gasteiger partial charge >= 0.3 is 0 Å². The number of hydrogen-bond donors (Lipinski definition) is 3. The van der Waals surface area contributed by atoms with Gasteiger partial charge in [-0.2, -0.15) is 0 Å². The summed E-state index contributed by atoms with van der Waals surface area (Å²) in [6.45, 7) is 3.19. The maximum absolute atomic E-state index is 9.62. The Morgan fingerprint density at radius 3 is 2.94 bits per heavy atom. The Hall–Kier alpha value is -0.810. The van der Waals surface area contributed by atoms with Crippen LogP contribution in [0.1, 0.15) is 26.2 Å². The Kier molecular flexibility index (Phi) is 5.55. The highest BCUT2D eigenvalue weighted by atomic mass is 16.5. The van der Waals surface area contributed by atoms with Crippen molar-refractivity contribution in [2.24, 2.45) is 16.6 Å². The van der Waals surface area contributed by atoms with Crippen LogP contribution in [0.4, 0.5) is 0 Å². The lowest BCUT2D eigenvalue weighted by Crippen LogP contribution is -2.41. The van der Waals surface area contributed by atoms with Crippen LogP contribution in [0.25, 0.3) is 0 Å². The molecule has 16 heavy (non-hydrogen) atoms. The average molecular weight is 229 g/mol. The highest BCUT2D eigenvalue weighted by Crippen LogP contribution is 2.25. The van der Waals surface area contributed by atoms with E-state index in [-0.39, 0.29) is 18.1 Å². The zero-order valence-electron chi connectivity index (χ0n) is 10.1. The van der Waals surface area contributed by atoms with Crippen LogP contribution in [-0.4, -0.2) is 43.5 Å². The number of guanidine groups is 1. The monoisotopic (exact) mass is 229 g/mol. The molecule has 0 amide bonds. The first-order chi connectivity index (χ1) is 7.63. The van der Waals surface area contributed by atoms with Crippen LogP contribution >= 0.6 is 0 Å². The third-order valence-electron chi connectivity index (χ3n) is 2.93. The summed E-state index contributed by atoms with van der Waals surface area (Å²) >= 11 is 0. The second-order valence-corrected chi connectivity index (χ2v) is 4.48. The lowest BCUT2D eigenvalue weighted by Gasteiger charge is -2.15. The number of hydrogen-bond acceptors (Lipinski definition) is 3. The van der Waals surface area contributed by atoms with Gasteiger partial charge in [-0.05, 0) is 19.8 Å². The molecule has 0 aliphatic heterocycles. The van der Waals surface area contributed by atoms with Gasteiger partial charge in [0.15, 0.2) is 5.96 Å². The number of nitrogens with two attached hydrogens (primary N) is 1. The third kappa shape index (κ3) is 4.37. The van der Waals surface area contributed by atoms with Crippen LogP contribution in [0.5, 0.6) is 0 Å². The first kappa shape index (κ1) is 13.3. The van der Waals surface area contributed by atoms with Gasteiger partial charge in [-0.3, -0.25) is 4.99 Å². The second kappa shape index (κ2) is 6.70. The van der Waals surface area contributed by atoms with E-state index in [0.29, 0.717) is 19.1 Å². The van der Waals surface area contributed by atoms with Gasteiger partial charge in [-0.1, -0.05) is 6.42 Å². The molecule has 1 aliphatic carbocycles. The summed E-state index contributed by atoms with van der Waals surface area (Å²) in [7, 11) is 1.65. The van der Waals surface area contributed by atoms with Gasteiger partial charge < -0.3 is 20.9 Å². The molecule has 0 radical (unpaired) electrons. The predicted octanol–water partition coefficient (Wildman–Crippen LogP) is 0.0866. The Morgan fingerprint density at radius 1 is 1.62 bits per heavy atom. The minimum absolute atomic E-state index is 0.155. The number of nitrogens with zero attached hydrogens (tertiary/aromatic N) is 1. The van der Waals surface area contributed by atoms with Crippen LogP contribution in [0.3, 0.4) is 0 Å². The number of aliphatic imine (C=N–C) groups is 1. The minimum atomic E-state index is -0.201. The molecular formula is C11H23N3O2. The molecule has 4 N–H and O–H groups in total. The topological polar surface area (TPSA) is 79.9 Å². The van der Waals surface area contributed by atoms with E-state index < -0.39 is 0 Å². The summed E-state index contributed by atoms with van der Waals surface area (Å²) in [6, 6.07) is 0.155. The summed E-state index contributed by atoms with van der Waals surface area (Å²) < 4.78 is 4.99. The van der Waals surface area contributed by atoms with Gasteiger partial charge in [-0.25, -0.2) is 0 Å². The van der Waals surface area contributed by atoms with E-state index in [1.54, 1.807) is 7.11 Å². The molecule has 3 atom stereocenters. The van der Waals surface area contributed by atoms with Gasteiger partial charge in [0, 0.05) is 25.6 Å². The lowest BCUT2D eigenvalue weighted by molar-refractivity contribution is 0.136. The second-order valence-electron chi connectivity index (χ2n) is 4.48. The van der Waals surface area contributed by atoms with Crippen LogP contribution in [0, 0.1) is 5.92 Å². The molecule has 1 aliphatic rings. The zero-order chi connectivity index (χ0) is 12.0. The first-order valence-corrected chi connectivity index (χ1v) is 5.87. The first-order valence-electron chi connectivity index (χ1n) is 5.87. The van der Waals surface area contributed by atoms with Gasteiger partial charge in [0.1, 0.15) is 0 Å². The molecule has 1 saturated carbocycles. The molecule has 0 spiro atoms. The molecule has 1 fully saturated rings. The Balaban J connectivity index is 2.27. The zero-order valence-corrected chi connectivity index (χ0v) is 10.1. The van der Waals surface area contributed by atoms with E-state index in [0.717, 1.165) is 19.3 Å². The number of aliphatic hydroxyl groups excluding tert-OH is 1. The summed E-state index contributed by atoms with van der Waals surface area (Å²) in [5.74, 6) is 0.710. The van der Waals surface area contributed by atoms with Gasteiger partial charge in [0.05, 0.1) is 12.7 Å². The van der Waals surface area contributed by atoms with E-state index in [4.69, 9.17) is 10.5 Å². The highest BCUT2D eigenvalue weighted by molar-refractivity contribution is 5.78. The van der Waals surface area contributed by atoms with Crippen LogP contribution in [-0.2, 0) is 4.74 Å². The molecule has 0 aromatic heterocycles. The smallest absolute Gasteiger partial charge is 0.188 e. The standard InChI is InChI=1S/C11H23N3O2/c1-8(7-16-2)14-11(12)13-6-9-4-3-5-10(9)15/h8-10,15H,3-7H2,1-2H3,(H3,12,13,14)/t8?,9-,10+/m1/s1. The van der Waals surface area contributed by atoms with Gasteiger partial charge in [0.2, 0.25) is 0 Å². The molecule has 94 valence electrons. The fourth-order valence-electron chi connectivity index (χ4n) is 2.04. The molecule has 0 aromatic carbocycles. The van der Waals surface area contributed by atoms with Crippen molar-refractivity contribution in [3.63, 3.8) is 0 Å². The van der Waals surface area contributed by atoms with Crippen molar-refractivity contribution in [2.45, 2.75) is 38.3 Å². The van der Waals surface area contributed by atoms with Crippen molar-refractivity contribution in [3.05, 3.63) is 0 Å². The Labute approximate surface area is 97.1 Å². The van der Waals surface area contributed by atoms with Crippen molar-refractivity contribution in [1.82, 2.24) is 5.32 Å². The van der Waals surface area contributed by atoms with Crippen molar-refractivity contribution in [1.29, 1.82) is 0 Å². The fourth-order valence-corrected chi connectivity index (χ4v) is 2.04. The van der Waals surface area contributed by atoms with Crippen molar-refractivity contribution in [2.75, 3.05) is 20.3 Å². The minimum Gasteiger partial charge on any atom is -0.393 e. The normalized spacial score (nSPS) is 28.1. The molecule has 1 rings (SSSR count). The van der Waals surface area contributed by atoms with E-state index in [1.807, 2.05) is 6.92 Å². The van der Waals surface area contributed by atoms with Crippen LogP contribution < -0.4 is 11.1 Å².